The summed E-state index contributed by atoms with van der Waals surface area (Å²) in [6.07, 6.45) is 0.740. The first-order valence-electron chi connectivity index (χ1n) is 8.07. The van der Waals surface area contributed by atoms with Crippen LogP contribution in [0.2, 0.25) is 0 Å². The zero-order chi connectivity index (χ0) is 17.6. The molecule has 1 aliphatic rings. The third kappa shape index (κ3) is 3.66. The van der Waals surface area contributed by atoms with Crippen molar-refractivity contribution >= 4 is 11.6 Å². The second kappa shape index (κ2) is 7.58. The molecule has 3 rings (SSSR count). The Hall–Kier alpha value is -3.20. The summed E-state index contributed by atoms with van der Waals surface area (Å²) in [4.78, 5) is 12.3. The van der Waals surface area contributed by atoms with Gasteiger partial charge in [-0.25, -0.2) is 0 Å². The van der Waals surface area contributed by atoms with E-state index in [-0.39, 0.29) is 12.1 Å². The summed E-state index contributed by atoms with van der Waals surface area (Å²) >= 11 is 0. The number of unbranched alkanes of at least 4 members (excludes halogenated alkanes) is 1. The Morgan fingerprint density at radius 2 is 2.00 bits per heavy atom. The van der Waals surface area contributed by atoms with Crippen molar-refractivity contribution in [1.29, 1.82) is 5.26 Å². The molecule has 2 aromatic carbocycles. The molecule has 0 aromatic heterocycles. The van der Waals surface area contributed by atoms with Crippen LogP contribution in [0.4, 0.5) is 5.69 Å². The molecule has 2 N–H and O–H groups in total. The Morgan fingerprint density at radius 3 is 2.80 bits per heavy atom. The van der Waals surface area contributed by atoms with Gasteiger partial charge in [-0.05, 0) is 36.2 Å². The second-order valence-corrected chi connectivity index (χ2v) is 5.62. The number of nitrogens with zero attached hydrogens (tertiary/aromatic N) is 1. The molecule has 6 nitrogen and oxygen atoms in total. The van der Waals surface area contributed by atoms with Crippen LogP contribution < -0.4 is 20.1 Å². The van der Waals surface area contributed by atoms with E-state index in [0.29, 0.717) is 36.5 Å². The predicted octanol–water partition coefficient (Wildman–Crippen LogP) is 3.23. The number of nitriles is 1. The molecule has 1 aliphatic heterocycles. The molecular weight excluding hydrogens is 318 g/mol. The van der Waals surface area contributed by atoms with Gasteiger partial charge in [-0.15, -0.1) is 0 Å². The van der Waals surface area contributed by atoms with Gasteiger partial charge in [0, 0.05) is 12.1 Å². The van der Waals surface area contributed by atoms with E-state index in [4.69, 9.17) is 14.7 Å². The molecule has 0 saturated heterocycles. The summed E-state index contributed by atoms with van der Waals surface area (Å²) in [5.74, 6) is 1.09. The summed E-state index contributed by atoms with van der Waals surface area (Å²) in [6.45, 7) is 0.431. The van der Waals surface area contributed by atoms with Crippen LogP contribution in [0.1, 0.15) is 34.9 Å². The van der Waals surface area contributed by atoms with Gasteiger partial charge in [0.25, 0.3) is 5.91 Å². The van der Waals surface area contributed by atoms with Crippen LogP contribution in [0.25, 0.3) is 0 Å². The third-order valence-electron chi connectivity index (χ3n) is 3.96. The Kier molecular flexibility index (Phi) is 5.05. The van der Waals surface area contributed by atoms with Gasteiger partial charge in [0.2, 0.25) is 0 Å². The Bertz CT molecular complexity index is 814. The summed E-state index contributed by atoms with van der Waals surface area (Å²) < 4.78 is 11.1. The van der Waals surface area contributed by atoms with E-state index in [2.05, 4.69) is 16.7 Å². The maximum atomic E-state index is 12.3. The van der Waals surface area contributed by atoms with Gasteiger partial charge in [-0.3, -0.25) is 4.79 Å². The standard InChI is InChI=1S/C19H19N3O3/c1-24-16-9-8-13(12-17(16)25-11-5-4-10-20)18-21-15-7-3-2-6-14(15)19(23)22-18/h2-3,6-9,12,18,21H,4-5,11H2,1H3,(H,22,23). The van der Waals surface area contributed by atoms with Gasteiger partial charge in [0.15, 0.2) is 11.5 Å². The van der Waals surface area contributed by atoms with Gasteiger partial charge in [-0.2, -0.15) is 5.26 Å². The number of carbonyl (C=O) groups excluding carboxylic acids is 1. The number of methoxy groups -OCH3 is 1. The van der Waals surface area contributed by atoms with Crippen molar-refractivity contribution in [2.45, 2.75) is 19.0 Å². The molecule has 0 radical (unpaired) electrons. The molecule has 0 saturated carbocycles. The van der Waals surface area contributed by atoms with Gasteiger partial charge >= 0.3 is 0 Å². The lowest BCUT2D eigenvalue weighted by molar-refractivity contribution is 0.0935. The average Bonchev–Trinajstić information content (AvgIpc) is 2.65. The lowest BCUT2D eigenvalue weighted by Crippen LogP contribution is -2.38. The molecule has 1 amide bonds. The zero-order valence-electron chi connectivity index (χ0n) is 13.9. The molecule has 1 unspecified atom stereocenters. The molecule has 6 heteroatoms. The topological polar surface area (TPSA) is 83.4 Å². The van der Waals surface area contributed by atoms with Crippen LogP contribution in [0.15, 0.2) is 42.5 Å². The van der Waals surface area contributed by atoms with E-state index in [1.165, 1.54) is 0 Å². The van der Waals surface area contributed by atoms with E-state index >= 15 is 0 Å². The number of hydrogen-bond acceptors (Lipinski definition) is 5. The lowest BCUT2D eigenvalue weighted by atomic mass is 10.1. The molecule has 0 fully saturated rings. The van der Waals surface area contributed by atoms with Gasteiger partial charge in [0.1, 0.15) is 6.17 Å². The van der Waals surface area contributed by atoms with Crippen molar-refractivity contribution in [2.75, 3.05) is 19.0 Å². The summed E-state index contributed by atoms with van der Waals surface area (Å²) in [5.41, 5.74) is 2.28. The molecule has 1 heterocycles. The minimum atomic E-state index is -0.352. The summed E-state index contributed by atoms with van der Waals surface area (Å²) in [5, 5.41) is 14.9. The molecule has 0 bridgehead atoms. The van der Waals surface area contributed by atoms with Crippen molar-refractivity contribution in [1.82, 2.24) is 5.32 Å². The molecule has 1 atom stereocenters. The van der Waals surface area contributed by atoms with Crippen LogP contribution >= 0.6 is 0 Å². The maximum Gasteiger partial charge on any atom is 0.255 e. The minimum Gasteiger partial charge on any atom is -0.493 e. The molecule has 128 valence electrons. The van der Waals surface area contributed by atoms with Crippen molar-refractivity contribution in [3.63, 3.8) is 0 Å². The van der Waals surface area contributed by atoms with Gasteiger partial charge < -0.3 is 20.1 Å². The number of rotatable bonds is 6. The lowest BCUT2D eigenvalue weighted by Gasteiger charge is -2.28. The van der Waals surface area contributed by atoms with Crippen LogP contribution in [0.5, 0.6) is 11.5 Å². The highest BCUT2D eigenvalue weighted by Crippen LogP contribution is 2.33. The number of ether oxygens (including phenoxy) is 2. The summed E-state index contributed by atoms with van der Waals surface area (Å²) in [7, 11) is 1.58. The molecule has 25 heavy (non-hydrogen) atoms. The number of para-hydroxylation sites is 1. The molecular formula is C19H19N3O3. The van der Waals surface area contributed by atoms with Crippen LogP contribution in [0.3, 0.4) is 0 Å². The number of hydrogen-bond donors (Lipinski definition) is 2. The highest BCUT2D eigenvalue weighted by Gasteiger charge is 2.24. The largest absolute Gasteiger partial charge is 0.493 e. The highest BCUT2D eigenvalue weighted by molar-refractivity contribution is 6.01. The van der Waals surface area contributed by atoms with E-state index in [1.807, 2.05) is 36.4 Å². The van der Waals surface area contributed by atoms with E-state index in [1.54, 1.807) is 13.2 Å². The molecule has 0 spiro atoms. The van der Waals surface area contributed by atoms with Crippen LogP contribution in [-0.2, 0) is 0 Å². The smallest absolute Gasteiger partial charge is 0.255 e. The molecule has 0 aliphatic carbocycles. The minimum absolute atomic E-state index is 0.119. The van der Waals surface area contributed by atoms with Crippen molar-refractivity contribution < 1.29 is 14.3 Å². The monoisotopic (exact) mass is 337 g/mol. The Morgan fingerprint density at radius 1 is 1.16 bits per heavy atom. The number of amides is 1. The maximum absolute atomic E-state index is 12.3. The third-order valence-corrected chi connectivity index (χ3v) is 3.96. The van der Waals surface area contributed by atoms with Crippen LogP contribution in [0, 0.1) is 11.3 Å². The van der Waals surface area contributed by atoms with E-state index in [0.717, 1.165) is 11.3 Å². The first-order valence-corrected chi connectivity index (χ1v) is 8.07. The Balaban J connectivity index is 1.81. The average molecular weight is 337 g/mol. The predicted molar refractivity (Wildman–Crippen MR) is 93.6 cm³/mol. The van der Waals surface area contributed by atoms with Crippen molar-refractivity contribution in [3.05, 3.63) is 53.6 Å². The first kappa shape index (κ1) is 16.7. The second-order valence-electron chi connectivity index (χ2n) is 5.62. The fourth-order valence-electron chi connectivity index (χ4n) is 2.69. The first-order chi connectivity index (χ1) is 12.2. The fourth-order valence-corrected chi connectivity index (χ4v) is 2.69. The number of carbonyl (C=O) groups is 1. The number of nitrogens with one attached hydrogen (secondary N) is 2. The molecule has 2 aromatic rings. The number of benzene rings is 2. The number of anilines is 1. The van der Waals surface area contributed by atoms with Gasteiger partial charge in [0.05, 0.1) is 25.3 Å². The van der Waals surface area contributed by atoms with Gasteiger partial charge in [-0.1, -0.05) is 18.2 Å². The quantitative estimate of drug-likeness (QED) is 0.791. The van der Waals surface area contributed by atoms with E-state index in [9.17, 15) is 4.79 Å². The van der Waals surface area contributed by atoms with Crippen molar-refractivity contribution in [2.24, 2.45) is 0 Å². The fraction of sp³-hybridized carbons (Fsp3) is 0.263. The zero-order valence-corrected chi connectivity index (χ0v) is 13.9. The van der Waals surface area contributed by atoms with E-state index < -0.39 is 0 Å². The summed E-state index contributed by atoms with van der Waals surface area (Å²) in [6, 6.07) is 15.0. The normalized spacial score (nSPS) is 15.4. The van der Waals surface area contributed by atoms with Crippen LogP contribution in [-0.4, -0.2) is 19.6 Å². The number of fused-ring (bicyclic) bond motifs is 1. The SMILES string of the molecule is COc1ccc(C2NC(=O)c3ccccc3N2)cc1OCCCC#N. The highest BCUT2D eigenvalue weighted by atomic mass is 16.5. The van der Waals surface area contributed by atoms with Crippen molar-refractivity contribution in [3.8, 4) is 17.6 Å². The Labute approximate surface area is 146 Å².